The Bertz CT molecular complexity index is 712. The highest BCUT2D eigenvalue weighted by molar-refractivity contribution is 5.97. The molecular formula is C19H29ClN6. The highest BCUT2D eigenvalue weighted by Crippen LogP contribution is 2.30. The van der Waals surface area contributed by atoms with Gasteiger partial charge in [-0.15, -0.1) is 12.4 Å². The lowest BCUT2D eigenvalue weighted by molar-refractivity contribution is 0.235. The molecule has 2 N–H and O–H groups in total. The number of benzene rings is 1. The SMILES string of the molecule is CC(CN1CCNCC1)Nc1ncnc2c(N3CCCC3)cccc12.Cl. The summed E-state index contributed by atoms with van der Waals surface area (Å²) in [6.07, 6.45) is 4.24. The molecule has 0 radical (unpaired) electrons. The van der Waals surface area contributed by atoms with E-state index in [2.05, 4.69) is 55.5 Å². The first-order valence-electron chi connectivity index (χ1n) is 9.49. The largest absolute Gasteiger partial charge is 0.370 e. The quantitative estimate of drug-likeness (QED) is 0.835. The number of halogens is 1. The van der Waals surface area contributed by atoms with Gasteiger partial charge in [-0.25, -0.2) is 9.97 Å². The number of hydrogen-bond donors (Lipinski definition) is 2. The summed E-state index contributed by atoms with van der Waals surface area (Å²) in [4.78, 5) is 14.1. The molecule has 2 aliphatic rings. The fourth-order valence-corrected chi connectivity index (χ4v) is 3.96. The third-order valence-electron chi connectivity index (χ3n) is 5.22. The van der Waals surface area contributed by atoms with Crippen molar-refractivity contribution in [1.82, 2.24) is 20.2 Å². The molecule has 0 spiro atoms. The van der Waals surface area contributed by atoms with Crippen LogP contribution in [0.15, 0.2) is 24.5 Å². The summed E-state index contributed by atoms with van der Waals surface area (Å²) in [7, 11) is 0. The van der Waals surface area contributed by atoms with E-state index < -0.39 is 0 Å². The van der Waals surface area contributed by atoms with Crippen molar-refractivity contribution in [3.8, 4) is 0 Å². The predicted octanol–water partition coefficient (Wildman–Crippen LogP) is 2.36. The first-order chi connectivity index (χ1) is 12.3. The van der Waals surface area contributed by atoms with Gasteiger partial charge in [0.25, 0.3) is 0 Å². The van der Waals surface area contributed by atoms with Crippen LogP contribution in [-0.4, -0.2) is 66.7 Å². The van der Waals surface area contributed by atoms with Crippen LogP contribution in [0.4, 0.5) is 11.5 Å². The highest BCUT2D eigenvalue weighted by Gasteiger charge is 2.18. The van der Waals surface area contributed by atoms with Crippen LogP contribution < -0.4 is 15.5 Å². The fraction of sp³-hybridized carbons (Fsp3) is 0.579. The van der Waals surface area contributed by atoms with Gasteiger partial charge in [0.1, 0.15) is 12.1 Å². The fourth-order valence-electron chi connectivity index (χ4n) is 3.96. The van der Waals surface area contributed by atoms with Crippen LogP contribution in [0.5, 0.6) is 0 Å². The minimum atomic E-state index is 0. The lowest BCUT2D eigenvalue weighted by atomic mass is 10.1. The minimum absolute atomic E-state index is 0. The van der Waals surface area contributed by atoms with E-state index in [4.69, 9.17) is 0 Å². The van der Waals surface area contributed by atoms with Crippen LogP contribution in [0.2, 0.25) is 0 Å². The number of anilines is 2. The van der Waals surface area contributed by atoms with E-state index in [1.165, 1.54) is 18.5 Å². The van der Waals surface area contributed by atoms with Gasteiger partial charge in [0.15, 0.2) is 0 Å². The Hall–Kier alpha value is -1.63. The molecule has 1 unspecified atom stereocenters. The molecule has 4 rings (SSSR count). The summed E-state index contributed by atoms with van der Waals surface area (Å²) in [6.45, 7) is 9.95. The third kappa shape index (κ3) is 4.19. The summed E-state index contributed by atoms with van der Waals surface area (Å²) in [6, 6.07) is 6.81. The summed E-state index contributed by atoms with van der Waals surface area (Å²) < 4.78 is 0. The molecule has 2 fully saturated rings. The van der Waals surface area contributed by atoms with E-state index in [0.29, 0.717) is 6.04 Å². The molecule has 3 heterocycles. The minimum Gasteiger partial charge on any atom is -0.370 e. The van der Waals surface area contributed by atoms with Crippen molar-refractivity contribution >= 4 is 34.8 Å². The Kier molecular flexibility index (Phi) is 6.51. The summed E-state index contributed by atoms with van der Waals surface area (Å²) in [5.41, 5.74) is 2.31. The molecule has 1 aromatic heterocycles. The van der Waals surface area contributed by atoms with E-state index in [0.717, 1.165) is 62.5 Å². The number of aromatic nitrogens is 2. The zero-order valence-corrected chi connectivity index (χ0v) is 16.3. The molecule has 7 heteroatoms. The Balaban J connectivity index is 0.00000196. The average Bonchev–Trinajstić information content (AvgIpc) is 3.17. The maximum Gasteiger partial charge on any atom is 0.137 e. The first-order valence-corrected chi connectivity index (χ1v) is 9.49. The third-order valence-corrected chi connectivity index (χ3v) is 5.22. The molecule has 0 bridgehead atoms. The summed E-state index contributed by atoms with van der Waals surface area (Å²) in [5, 5.41) is 8.15. The van der Waals surface area contributed by atoms with Gasteiger partial charge in [-0.1, -0.05) is 6.07 Å². The Morgan fingerprint density at radius 2 is 1.88 bits per heavy atom. The van der Waals surface area contributed by atoms with Gasteiger partial charge in [0.2, 0.25) is 0 Å². The molecule has 6 nitrogen and oxygen atoms in total. The predicted molar refractivity (Wildman–Crippen MR) is 111 cm³/mol. The highest BCUT2D eigenvalue weighted by atomic mass is 35.5. The maximum atomic E-state index is 4.60. The molecule has 2 aliphatic heterocycles. The van der Waals surface area contributed by atoms with Crippen molar-refractivity contribution in [3.05, 3.63) is 24.5 Å². The van der Waals surface area contributed by atoms with Gasteiger partial charge < -0.3 is 15.5 Å². The number of nitrogens with zero attached hydrogens (tertiary/aromatic N) is 4. The molecule has 0 amide bonds. The van der Waals surface area contributed by atoms with Gasteiger partial charge >= 0.3 is 0 Å². The van der Waals surface area contributed by atoms with Crippen LogP contribution in [-0.2, 0) is 0 Å². The molecule has 0 aliphatic carbocycles. The molecule has 1 aromatic carbocycles. The van der Waals surface area contributed by atoms with E-state index in [1.54, 1.807) is 6.33 Å². The van der Waals surface area contributed by atoms with E-state index in [1.807, 2.05) is 0 Å². The second-order valence-electron chi connectivity index (χ2n) is 7.19. The van der Waals surface area contributed by atoms with Crippen LogP contribution >= 0.6 is 12.4 Å². The lowest BCUT2D eigenvalue weighted by Crippen LogP contribution is -2.47. The summed E-state index contributed by atoms with van der Waals surface area (Å²) >= 11 is 0. The second kappa shape index (κ2) is 8.84. The summed E-state index contributed by atoms with van der Waals surface area (Å²) in [5.74, 6) is 0.952. The number of hydrogen-bond acceptors (Lipinski definition) is 6. The van der Waals surface area contributed by atoms with Crippen molar-refractivity contribution in [2.24, 2.45) is 0 Å². The standard InChI is InChI=1S/C19H28N6.ClH/c1-15(13-24-11-7-20-8-12-24)23-19-16-5-4-6-17(18(16)21-14-22-19)25-9-2-3-10-25;/h4-6,14-15,20H,2-3,7-13H2,1H3,(H,21,22,23);1H. The van der Waals surface area contributed by atoms with Crippen LogP contribution in [0.3, 0.4) is 0 Å². The molecule has 2 aromatic rings. The van der Waals surface area contributed by atoms with Gasteiger partial charge in [0.05, 0.1) is 11.2 Å². The maximum absolute atomic E-state index is 4.60. The molecule has 2 saturated heterocycles. The van der Waals surface area contributed by atoms with Gasteiger partial charge in [-0.3, -0.25) is 4.90 Å². The average molecular weight is 377 g/mol. The molecule has 0 saturated carbocycles. The first kappa shape index (κ1) is 19.1. The van der Waals surface area contributed by atoms with E-state index in [9.17, 15) is 0 Å². The van der Waals surface area contributed by atoms with Crippen molar-refractivity contribution in [1.29, 1.82) is 0 Å². The Morgan fingerprint density at radius 1 is 1.12 bits per heavy atom. The van der Waals surface area contributed by atoms with Crippen LogP contribution in [0.1, 0.15) is 19.8 Å². The smallest absolute Gasteiger partial charge is 0.137 e. The van der Waals surface area contributed by atoms with Crippen molar-refractivity contribution in [3.63, 3.8) is 0 Å². The van der Waals surface area contributed by atoms with Crippen molar-refractivity contribution < 1.29 is 0 Å². The Labute approximate surface area is 161 Å². The zero-order valence-electron chi connectivity index (χ0n) is 15.4. The van der Waals surface area contributed by atoms with E-state index >= 15 is 0 Å². The molecule has 142 valence electrons. The number of nitrogens with one attached hydrogen (secondary N) is 2. The molecular weight excluding hydrogens is 348 g/mol. The van der Waals surface area contributed by atoms with Crippen LogP contribution in [0, 0.1) is 0 Å². The Morgan fingerprint density at radius 3 is 2.65 bits per heavy atom. The van der Waals surface area contributed by atoms with E-state index in [-0.39, 0.29) is 12.4 Å². The topological polar surface area (TPSA) is 56.3 Å². The van der Waals surface area contributed by atoms with Crippen molar-refractivity contribution in [2.75, 3.05) is 56.0 Å². The zero-order chi connectivity index (χ0) is 17.1. The van der Waals surface area contributed by atoms with Gasteiger partial charge in [-0.2, -0.15) is 0 Å². The van der Waals surface area contributed by atoms with Gasteiger partial charge in [-0.05, 0) is 31.9 Å². The lowest BCUT2D eigenvalue weighted by Gasteiger charge is -2.30. The number of para-hydroxylation sites is 1. The monoisotopic (exact) mass is 376 g/mol. The van der Waals surface area contributed by atoms with Gasteiger partial charge in [0, 0.05) is 57.2 Å². The van der Waals surface area contributed by atoms with Crippen LogP contribution in [0.25, 0.3) is 10.9 Å². The number of fused-ring (bicyclic) bond motifs is 1. The number of rotatable bonds is 5. The number of piperazine rings is 1. The second-order valence-corrected chi connectivity index (χ2v) is 7.19. The normalized spacial score (nSPS) is 19.3. The molecule has 1 atom stereocenters. The molecule has 26 heavy (non-hydrogen) atoms. The van der Waals surface area contributed by atoms with Crippen molar-refractivity contribution in [2.45, 2.75) is 25.8 Å².